The minimum absolute atomic E-state index is 0.659. The number of ether oxygens (including phenoxy) is 1. The van der Waals surface area contributed by atoms with E-state index >= 15 is 0 Å². The lowest BCUT2D eigenvalue weighted by Gasteiger charge is -2.28. The maximum Gasteiger partial charge on any atom is 0.229 e. The molecule has 0 atom stereocenters. The number of rotatable bonds is 4. The maximum absolute atomic E-state index is 5.47. The van der Waals surface area contributed by atoms with Gasteiger partial charge in [-0.05, 0) is 25.1 Å². The van der Waals surface area contributed by atoms with Crippen molar-refractivity contribution in [2.75, 3.05) is 43.2 Å². The third-order valence-electron chi connectivity index (χ3n) is 4.22. The molecule has 0 saturated carbocycles. The van der Waals surface area contributed by atoms with E-state index < -0.39 is 0 Å². The summed E-state index contributed by atoms with van der Waals surface area (Å²) in [4.78, 5) is 17.2. The van der Waals surface area contributed by atoms with Gasteiger partial charge in [0.05, 0.1) is 31.4 Å². The summed E-state index contributed by atoms with van der Waals surface area (Å²) in [6, 6.07) is 5.96. The van der Waals surface area contributed by atoms with E-state index in [1.165, 1.54) is 0 Å². The van der Waals surface area contributed by atoms with Crippen LogP contribution in [0.3, 0.4) is 0 Å². The number of hydrogen-bond acceptors (Lipinski definition) is 6. The molecular formula is C17H21N5O2. The van der Waals surface area contributed by atoms with Crippen LogP contribution in [0, 0.1) is 6.92 Å². The summed E-state index contributed by atoms with van der Waals surface area (Å²) in [5, 5.41) is 1.03. The second-order valence-electron chi connectivity index (χ2n) is 6.10. The van der Waals surface area contributed by atoms with Crippen LogP contribution in [0.25, 0.3) is 11.0 Å². The molecule has 7 nitrogen and oxygen atoms in total. The lowest BCUT2D eigenvalue weighted by Crippen LogP contribution is -2.37. The van der Waals surface area contributed by atoms with Crippen molar-refractivity contribution < 1.29 is 9.15 Å². The van der Waals surface area contributed by atoms with Crippen LogP contribution in [0.1, 0.15) is 11.5 Å². The van der Waals surface area contributed by atoms with Crippen LogP contribution >= 0.6 is 0 Å². The number of aryl methyl sites for hydroxylation is 1. The Labute approximate surface area is 140 Å². The molecule has 0 amide bonds. The van der Waals surface area contributed by atoms with E-state index in [-0.39, 0.29) is 0 Å². The Morgan fingerprint density at radius 3 is 2.88 bits per heavy atom. The van der Waals surface area contributed by atoms with E-state index in [9.17, 15) is 0 Å². The molecular weight excluding hydrogens is 306 g/mol. The monoisotopic (exact) mass is 327 g/mol. The Bertz CT molecular complexity index is 821. The van der Waals surface area contributed by atoms with Crippen LogP contribution in [-0.4, -0.2) is 48.3 Å². The SMILES string of the molecule is Cc1cc2c(N(C)Cc3ccco3)nc(N3CCOCC3)nc2[nH]1. The van der Waals surface area contributed by atoms with Gasteiger partial charge in [0.25, 0.3) is 0 Å². The van der Waals surface area contributed by atoms with Gasteiger partial charge in [-0.25, -0.2) is 0 Å². The Hall–Kier alpha value is -2.54. The molecule has 0 unspecified atom stereocenters. The van der Waals surface area contributed by atoms with Gasteiger partial charge < -0.3 is 23.9 Å². The minimum atomic E-state index is 0.659. The van der Waals surface area contributed by atoms with Crippen LogP contribution in [0.5, 0.6) is 0 Å². The highest BCUT2D eigenvalue weighted by molar-refractivity contribution is 5.89. The average Bonchev–Trinajstić information content (AvgIpc) is 3.22. The van der Waals surface area contributed by atoms with Gasteiger partial charge in [0.15, 0.2) is 0 Å². The predicted octanol–water partition coefficient (Wildman–Crippen LogP) is 2.33. The van der Waals surface area contributed by atoms with Crippen LogP contribution in [0.4, 0.5) is 11.8 Å². The lowest BCUT2D eigenvalue weighted by atomic mass is 10.3. The molecule has 1 N–H and O–H groups in total. The quantitative estimate of drug-likeness (QED) is 0.793. The van der Waals surface area contributed by atoms with E-state index in [4.69, 9.17) is 19.1 Å². The molecule has 3 aromatic rings. The molecule has 7 heteroatoms. The van der Waals surface area contributed by atoms with Crippen molar-refractivity contribution in [1.29, 1.82) is 0 Å². The summed E-state index contributed by atoms with van der Waals surface area (Å²) in [6.45, 7) is 5.74. The fraction of sp³-hybridized carbons (Fsp3) is 0.412. The molecule has 0 radical (unpaired) electrons. The molecule has 24 heavy (non-hydrogen) atoms. The number of nitrogens with zero attached hydrogens (tertiary/aromatic N) is 4. The highest BCUT2D eigenvalue weighted by atomic mass is 16.5. The Balaban J connectivity index is 1.73. The zero-order valence-corrected chi connectivity index (χ0v) is 14.0. The zero-order chi connectivity index (χ0) is 16.5. The molecule has 1 aliphatic rings. The standard InChI is InChI=1S/C17H21N5O2/c1-12-10-14-15(18-12)19-17(22-5-8-23-9-6-22)20-16(14)21(2)11-13-4-3-7-24-13/h3-4,7,10H,5-6,8-9,11H2,1-2H3,(H,18,19,20). The average molecular weight is 327 g/mol. The lowest BCUT2D eigenvalue weighted by molar-refractivity contribution is 0.122. The van der Waals surface area contributed by atoms with Crippen LogP contribution in [0.15, 0.2) is 28.9 Å². The number of furan rings is 1. The van der Waals surface area contributed by atoms with Gasteiger partial charge in [-0.2, -0.15) is 9.97 Å². The Morgan fingerprint density at radius 2 is 2.12 bits per heavy atom. The molecule has 4 rings (SSSR count). The maximum atomic E-state index is 5.47. The van der Waals surface area contributed by atoms with Gasteiger partial charge in [0.1, 0.15) is 17.2 Å². The second-order valence-corrected chi connectivity index (χ2v) is 6.10. The molecule has 1 fully saturated rings. The highest BCUT2D eigenvalue weighted by Crippen LogP contribution is 2.28. The molecule has 1 aliphatic heterocycles. The molecule has 0 aromatic carbocycles. The van der Waals surface area contributed by atoms with Crippen LogP contribution < -0.4 is 9.80 Å². The summed E-state index contributed by atoms with van der Waals surface area (Å²) in [5.74, 6) is 2.56. The summed E-state index contributed by atoms with van der Waals surface area (Å²) in [5.41, 5.74) is 1.94. The smallest absolute Gasteiger partial charge is 0.229 e. The Kier molecular flexibility index (Phi) is 3.86. The first-order valence-electron chi connectivity index (χ1n) is 8.14. The number of morpholine rings is 1. The first-order valence-corrected chi connectivity index (χ1v) is 8.14. The van der Waals surface area contributed by atoms with Gasteiger partial charge in [0, 0.05) is 25.8 Å². The van der Waals surface area contributed by atoms with Crippen molar-refractivity contribution in [3.8, 4) is 0 Å². The minimum Gasteiger partial charge on any atom is -0.467 e. The van der Waals surface area contributed by atoms with Gasteiger partial charge >= 0.3 is 0 Å². The first-order chi connectivity index (χ1) is 11.7. The summed E-state index contributed by atoms with van der Waals surface area (Å²) < 4.78 is 10.9. The van der Waals surface area contributed by atoms with Gasteiger partial charge in [-0.3, -0.25) is 0 Å². The van der Waals surface area contributed by atoms with E-state index in [0.717, 1.165) is 47.3 Å². The molecule has 0 spiro atoms. The molecule has 126 valence electrons. The largest absolute Gasteiger partial charge is 0.467 e. The number of hydrogen-bond donors (Lipinski definition) is 1. The number of anilines is 2. The zero-order valence-electron chi connectivity index (χ0n) is 14.0. The van der Waals surface area contributed by atoms with Crippen molar-refractivity contribution in [3.05, 3.63) is 35.9 Å². The fourth-order valence-corrected chi connectivity index (χ4v) is 3.02. The van der Waals surface area contributed by atoms with Gasteiger partial charge in [-0.15, -0.1) is 0 Å². The molecule has 0 aliphatic carbocycles. The van der Waals surface area contributed by atoms with Crippen LogP contribution in [0.2, 0.25) is 0 Å². The van der Waals surface area contributed by atoms with Crippen LogP contribution in [-0.2, 0) is 11.3 Å². The normalized spacial score (nSPS) is 15.2. The van der Waals surface area contributed by atoms with E-state index in [1.807, 2.05) is 26.1 Å². The first kappa shape index (κ1) is 15.0. The second kappa shape index (κ2) is 6.16. The highest BCUT2D eigenvalue weighted by Gasteiger charge is 2.19. The van der Waals surface area contributed by atoms with E-state index in [1.54, 1.807) is 6.26 Å². The van der Waals surface area contributed by atoms with E-state index in [0.29, 0.717) is 19.8 Å². The number of fused-ring (bicyclic) bond motifs is 1. The summed E-state index contributed by atoms with van der Waals surface area (Å²) in [7, 11) is 2.02. The number of H-pyrrole nitrogens is 1. The van der Waals surface area contributed by atoms with Crippen molar-refractivity contribution in [1.82, 2.24) is 15.0 Å². The number of nitrogens with one attached hydrogen (secondary N) is 1. The molecule has 0 bridgehead atoms. The summed E-state index contributed by atoms with van der Waals surface area (Å²) >= 11 is 0. The molecule has 4 heterocycles. The third-order valence-corrected chi connectivity index (χ3v) is 4.22. The van der Waals surface area contributed by atoms with Crippen molar-refractivity contribution in [2.24, 2.45) is 0 Å². The topological polar surface area (TPSA) is 70.4 Å². The number of aromatic nitrogens is 3. The number of aromatic amines is 1. The van der Waals surface area contributed by atoms with Crippen molar-refractivity contribution in [3.63, 3.8) is 0 Å². The third kappa shape index (κ3) is 2.82. The van der Waals surface area contributed by atoms with Crippen molar-refractivity contribution in [2.45, 2.75) is 13.5 Å². The Morgan fingerprint density at radius 1 is 1.29 bits per heavy atom. The van der Waals surface area contributed by atoms with Crippen molar-refractivity contribution >= 4 is 22.8 Å². The molecule has 1 saturated heterocycles. The van der Waals surface area contributed by atoms with E-state index in [2.05, 4.69) is 20.9 Å². The van der Waals surface area contributed by atoms with Gasteiger partial charge in [0.2, 0.25) is 5.95 Å². The molecule has 3 aromatic heterocycles. The fourth-order valence-electron chi connectivity index (χ4n) is 3.02. The summed E-state index contributed by atoms with van der Waals surface area (Å²) in [6.07, 6.45) is 1.69. The predicted molar refractivity (Wildman–Crippen MR) is 92.5 cm³/mol. The van der Waals surface area contributed by atoms with Gasteiger partial charge in [-0.1, -0.05) is 0 Å².